The van der Waals surface area contributed by atoms with Gasteiger partial charge in [-0.3, -0.25) is 9.63 Å². The number of rotatable bonds is 5. The Kier molecular flexibility index (Phi) is 4.79. The van der Waals surface area contributed by atoms with E-state index >= 15 is 0 Å². The topological polar surface area (TPSA) is 32.8 Å². The Morgan fingerprint density at radius 3 is 2.44 bits per heavy atom. The molecule has 0 spiro atoms. The van der Waals surface area contributed by atoms with Crippen LogP contribution in [0.5, 0.6) is 0 Å². The molecule has 0 saturated heterocycles. The molecule has 1 aromatic rings. The molecule has 16 heavy (non-hydrogen) atoms. The highest BCUT2D eigenvalue weighted by molar-refractivity contribution is 5.75. The molecule has 1 aromatic carbocycles. The van der Waals surface area contributed by atoms with E-state index in [-0.39, 0.29) is 5.91 Å². The van der Waals surface area contributed by atoms with Crippen LogP contribution in [0, 0.1) is 0 Å². The molecule has 1 rings (SSSR count). The first kappa shape index (κ1) is 12.5. The second-order valence-electron chi connectivity index (χ2n) is 3.58. The molecule has 0 saturated carbocycles. The van der Waals surface area contributed by atoms with Crippen molar-refractivity contribution < 1.29 is 9.63 Å². The third-order valence-electron chi connectivity index (χ3n) is 2.48. The zero-order valence-electron chi connectivity index (χ0n) is 10.0. The number of anilines is 1. The van der Waals surface area contributed by atoms with Crippen LogP contribution >= 0.6 is 0 Å². The van der Waals surface area contributed by atoms with Gasteiger partial charge in [0.25, 0.3) is 0 Å². The van der Waals surface area contributed by atoms with Gasteiger partial charge in [-0.1, -0.05) is 18.2 Å². The Balaban J connectivity index is 2.42. The summed E-state index contributed by atoms with van der Waals surface area (Å²) >= 11 is 0. The van der Waals surface area contributed by atoms with Crippen LogP contribution in [0.2, 0.25) is 0 Å². The number of carbonyl (C=O) groups excluding carboxylic acids is 1. The van der Waals surface area contributed by atoms with Crippen molar-refractivity contribution in [1.82, 2.24) is 5.06 Å². The third kappa shape index (κ3) is 3.55. The molecule has 4 nitrogen and oxygen atoms in total. The van der Waals surface area contributed by atoms with Crippen LogP contribution < -0.4 is 4.90 Å². The van der Waals surface area contributed by atoms with Crippen molar-refractivity contribution in [3.05, 3.63) is 30.3 Å². The molecule has 1 amide bonds. The van der Waals surface area contributed by atoms with Crippen molar-refractivity contribution in [2.24, 2.45) is 0 Å². The standard InChI is InChI=1S/C12H18N2O2/c1-13(11-7-5-4-6-8-11)10-9-12(15)14(2)16-3/h4-8H,9-10H2,1-3H3. The average molecular weight is 222 g/mol. The van der Waals surface area contributed by atoms with Gasteiger partial charge in [-0.15, -0.1) is 0 Å². The van der Waals surface area contributed by atoms with E-state index in [1.807, 2.05) is 42.3 Å². The quantitative estimate of drug-likeness (QED) is 0.708. The van der Waals surface area contributed by atoms with E-state index in [0.29, 0.717) is 13.0 Å². The van der Waals surface area contributed by atoms with Crippen LogP contribution in [0.4, 0.5) is 5.69 Å². The van der Waals surface area contributed by atoms with Gasteiger partial charge >= 0.3 is 0 Å². The minimum atomic E-state index is -0.0229. The fourth-order valence-corrected chi connectivity index (χ4v) is 1.33. The molecule has 0 N–H and O–H groups in total. The predicted molar refractivity (Wildman–Crippen MR) is 64.1 cm³/mol. The van der Waals surface area contributed by atoms with E-state index in [1.165, 1.54) is 12.2 Å². The Labute approximate surface area is 96.4 Å². The number of hydrogen-bond acceptors (Lipinski definition) is 3. The second kappa shape index (κ2) is 6.12. The maximum absolute atomic E-state index is 11.5. The average Bonchev–Trinajstić information content (AvgIpc) is 2.35. The molecule has 0 radical (unpaired) electrons. The van der Waals surface area contributed by atoms with Crippen molar-refractivity contribution in [1.29, 1.82) is 0 Å². The fourth-order valence-electron chi connectivity index (χ4n) is 1.33. The van der Waals surface area contributed by atoms with E-state index in [9.17, 15) is 4.79 Å². The molecule has 88 valence electrons. The number of hydrogen-bond donors (Lipinski definition) is 0. The van der Waals surface area contributed by atoms with Crippen molar-refractivity contribution in [2.45, 2.75) is 6.42 Å². The second-order valence-corrected chi connectivity index (χ2v) is 3.58. The summed E-state index contributed by atoms with van der Waals surface area (Å²) in [4.78, 5) is 18.3. The molecule has 0 aromatic heterocycles. The minimum Gasteiger partial charge on any atom is -0.374 e. The Morgan fingerprint density at radius 2 is 1.88 bits per heavy atom. The first-order chi connectivity index (χ1) is 7.65. The van der Waals surface area contributed by atoms with Crippen molar-refractivity contribution >= 4 is 11.6 Å². The van der Waals surface area contributed by atoms with E-state index in [0.717, 1.165) is 5.69 Å². The van der Waals surface area contributed by atoms with Crippen LogP contribution in [0.3, 0.4) is 0 Å². The summed E-state index contributed by atoms with van der Waals surface area (Å²) in [7, 11) is 5.07. The van der Waals surface area contributed by atoms with E-state index in [4.69, 9.17) is 4.84 Å². The van der Waals surface area contributed by atoms with Gasteiger partial charge in [-0.05, 0) is 12.1 Å². The van der Waals surface area contributed by atoms with Crippen LogP contribution in [-0.2, 0) is 9.63 Å². The number of carbonyl (C=O) groups is 1. The van der Waals surface area contributed by atoms with Gasteiger partial charge in [0.2, 0.25) is 5.91 Å². The van der Waals surface area contributed by atoms with Gasteiger partial charge in [-0.25, -0.2) is 5.06 Å². The lowest BCUT2D eigenvalue weighted by Crippen LogP contribution is -2.29. The molecule has 0 heterocycles. The van der Waals surface area contributed by atoms with Gasteiger partial charge in [0, 0.05) is 32.7 Å². The lowest BCUT2D eigenvalue weighted by Gasteiger charge is -2.20. The maximum atomic E-state index is 11.5. The summed E-state index contributed by atoms with van der Waals surface area (Å²) in [6, 6.07) is 9.97. The van der Waals surface area contributed by atoms with Gasteiger partial charge < -0.3 is 4.90 Å². The summed E-state index contributed by atoms with van der Waals surface area (Å²) in [5.74, 6) is -0.0229. The first-order valence-corrected chi connectivity index (χ1v) is 5.22. The van der Waals surface area contributed by atoms with Crippen molar-refractivity contribution in [3.63, 3.8) is 0 Å². The van der Waals surface area contributed by atoms with Gasteiger partial charge in [0.05, 0.1) is 7.11 Å². The Bertz CT molecular complexity index is 327. The highest BCUT2D eigenvalue weighted by Crippen LogP contribution is 2.11. The maximum Gasteiger partial charge on any atom is 0.247 e. The SMILES string of the molecule is CON(C)C(=O)CCN(C)c1ccccc1. The Hall–Kier alpha value is -1.55. The highest BCUT2D eigenvalue weighted by atomic mass is 16.7. The normalized spacial score (nSPS) is 9.94. The molecule has 0 bridgehead atoms. The minimum absolute atomic E-state index is 0.0229. The first-order valence-electron chi connectivity index (χ1n) is 5.22. The summed E-state index contributed by atoms with van der Waals surface area (Å²) in [6.07, 6.45) is 0.440. The predicted octanol–water partition coefficient (Wildman–Crippen LogP) is 1.53. The van der Waals surface area contributed by atoms with Crippen LogP contribution in [-0.4, -0.2) is 38.7 Å². The highest BCUT2D eigenvalue weighted by Gasteiger charge is 2.09. The van der Waals surface area contributed by atoms with E-state index < -0.39 is 0 Å². The third-order valence-corrected chi connectivity index (χ3v) is 2.48. The van der Waals surface area contributed by atoms with Crippen LogP contribution in [0.15, 0.2) is 30.3 Å². The molecular formula is C12H18N2O2. The molecule has 4 heteroatoms. The summed E-state index contributed by atoms with van der Waals surface area (Å²) in [6.45, 7) is 0.677. The fraction of sp³-hybridized carbons (Fsp3) is 0.417. The lowest BCUT2D eigenvalue weighted by atomic mass is 10.3. The molecule has 0 atom stereocenters. The van der Waals surface area contributed by atoms with Crippen molar-refractivity contribution in [3.8, 4) is 0 Å². The monoisotopic (exact) mass is 222 g/mol. The zero-order chi connectivity index (χ0) is 12.0. The van der Waals surface area contributed by atoms with Gasteiger partial charge in [-0.2, -0.15) is 0 Å². The van der Waals surface area contributed by atoms with Gasteiger partial charge in [0.1, 0.15) is 0 Å². The number of benzene rings is 1. The van der Waals surface area contributed by atoms with E-state index in [2.05, 4.69) is 0 Å². The summed E-state index contributed by atoms with van der Waals surface area (Å²) < 4.78 is 0. The number of amides is 1. The molecule has 0 aliphatic heterocycles. The van der Waals surface area contributed by atoms with Crippen LogP contribution in [0.1, 0.15) is 6.42 Å². The van der Waals surface area contributed by atoms with Gasteiger partial charge in [0.15, 0.2) is 0 Å². The lowest BCUT2D eigenvalue weighted by molar-refractivity contribution is -0.168. The summed E-state index contributed by atoms with van der Waals surface area (Å²) in [5, 5.41) is 1.25. The zero-order valence-corrected chi connectivity index (χ0v) is 10.0. The molecule has 0 unspecified atom stereocenters. The molecular weight excluding hydrogens is 204 g/mol. The molecule has 0 aliphatic rings. The van der Waals surface area contributed by atoms with Crippen molar-refractivity contribution in [2.75, 3.05) is 32.6 Å². The largest absolute Gasteiger partial charge is 0.374 e. The molecule has 0 aliphatic carbocycles. The number of nitrogens with zero attached hydrogens (tertiary/aromatic N) is 2. The Morgan fingerprint density at radius 1 is 1.25 bits per heavy atom. The van der Waals surface area contributed by atoms with Crippen LogP contribution in [0.25, 0.3) is 0 Å². The van der Waals surface area contributed by atoms with E-state index in [1.54, 1.807) is 7.05 Å². The summed E-state index contributed by atoms with van der Waals surface area (Å²) in [5.41, 5.74) is 1.11. The number of para-hydroxylation sites is 1. The smallest absolute Gasteiger partial charge is 0.247 e. The number of hydroxylamine groups is 2. The molecule has 0 fully saturated rings.